The summed E-state index contributed by atoms with van der Waals surface area (Å²) < 4.78 is 39.3. The Hall–Kier alpha value is -0.840. The third-order valence-corrected chi connectivity index (χ3v) is 5.90. The Morgan fingerprint density at radius 3 is 2.55 bits per heavy atom. The minimum absolute atomic E-state index is 0.171. The van der Waals surface area contributed by atoms with Crippen molar-refractivity contribution >= 4 is 17.4 Å². The number of benzene rings is 1. The van der Waals surface area contributed by atoms with Crippen molar-refractivity contribution in [3.8, 4) is 0 Å². The summed E-state index contributed by atoms with van der Waals surface area (Å²) in [5.41, 5.74) is 0.317. The third kappa shape index (κ3) is 2.65. The topological polar surface area (TPSA) is 12.0 Å². The lowest BCUT2D eigenvalue weighted by atomic mass is 9.75. The molecule has 1 fully saturated rings. The van der Waals surface area contributed by atoms with E-state index in [0.717, 1.165) is 25.1 Å². The summed E-state index contributed by atoms with van der Waals surface area (Å²) in [6.45, 7) is 0.800. The molecule has 1 N–H and O–H groups in total. The molecule has 0 radical (unpaired) electrons. The van der Waals surface area contributed by atoms with Crippen LogP contribution in [0, 0.1) is 5.41 Å². The first-order valence-electron chi connectivity index (χ1n) is 7.07. The minimum atomic E-state index is -4.27. The molecule has 0 unspecified atom stereocenters. The fourth-order valence-electron chi connectivity index (χ4n) is 3.24. The minimum Gasteiger partial charge on any atom is -0.384 e. The number of hydrogen-bond donors (Lipinski definition) is 1. The van der Waals surface area contributed by atoms with Gasteiger partial charge in [-0.2, -0.15) is 13.2 Å². The second-order valence-electron chi connectivity index (χ2n) is 5.88. The monoisotopic (exact) mass is 301 g/mol. The second-order valence-corrected chi connectivity index (χ2v) is 6.87. The Bertz CT molecular complexity index is 492. The van der Waals surface area contributed by atoms with Crippen molar-refractivity contribution < 1.29 is 13.2 Å². The molecule has 5 heteroatoms. The fourth-order valence-corrected chi connectivity index (χ4v) is 4.71. The van der Waals surface area contributed by atoms with Crippen LogP contribution in [0.3, 0.4) is 0 Å². The SMILES string of the molecule is FC(F)(F)c1cccc2c1SCC1(CCCCC1)CN2. The highest BCUT2D eigenvalue weighted by Gasteiger charge is 2.39. The summed E-state index contributed by atoms with van der Waals surface area (Å²) in [4.78, 5) is 0.377. The van der Waals surface area contributed by atoms with Crippen LogP contribution in [0.2, 0.25) is 0 Å². The molecule has 0 aromatic heterocycles. The molecule has 1 aromatic rings. The van der Waals surface area contributed by atoms with Crippen LogP contribution < -0.4 is 5.32 Å². The van der Waals surface area contributed by atoms with Gasteiger partial charge in [-0.3, -0.25) is 0 Å². The van der Waals surface area contributed by atoms with Crippen LogP contribution in [0.5, 0.6) is 0 Å². The lowest BCUT2D eigenvalue weighted by Gasteiger charge is -2.36. The quantitative estimate of drug-likeness (QED) is 0.709. The number of halogens is 3. The summed E-state index contributed by atoms with van der Waals surface area (Å²) in [5, 5.41) is 3.28. The molecule has 0 saturated heterocycles. The lowest BCUT2D eigenvalue weighted by Crippen LogP contribution is -2.33. The van der Waals surface area contributed by atoms with Crippen LogP contribution in [-0.4, -0.2) is 12.3 Å². The van der Waals surface area contributed by atoms with Gasteiger partial charge in [0, 0.05) is 22.9 Å². The summed E-state index contributed by atoms with van der Waals surface area (Å²) >= 11 is 1.39. The lowest BCUT2D eigenvalue weighted by molar-refractivity contribution is -0.139. The molecule has 1 spiro atoms. The van der Waals surface area contributed by atoms with E-state index in [4.69, 9.17) is 0 Å². The first-order chi connectivity index (χ1) is 9.50. The molecule has 1 aliphatic heterocycles. The van der Waals surface area contributed by atoms with E-state index in [2.05, 4.69) is 5.32 Å². The molecule has 1 heterocycles. The molecule has 1 nitrogen and oxygen atoms in total. The average molecular weight is 301 g/mol. The van der Waals surface area contributed by atoms with Crippen molar-refractivity contribution in [3.05, 3.63) is 23.8 Å². The maximum absolute atomic E-state index is 13.1. The van der Waals surface area contributed by atoms with Crippen molar-refractivity contribution in [2.45, 2.75) is 43.2 Å². The number of thioether (sulfide) groups is 1. The van der Waals surface area contributed by atoms with Crippen molar-refractivity contribution in [1.29, 1.82) is 0 Å². The molecule has 110 valence electrons. The van der Waals surface area contributed by atoms with E-state index in [1.807, 2.05) is 0 Å². The first kappa shape index (κ1) is 14.1. The van der Waals surface area contributed by atoms with Crippen LogP contribution in [0.15, 0.2) is 23.1 Å². The van der Waals surface area contributed by atoms with Crippen LogP contribution in [-0.2, 0) is 6.18 Å². The fraction of sp³-hybridized carbons (Fsp3) is 0.600. The van der Waals surface area contributed by atoms with Gasteiger partial charge in [0.1, 0.15) is 0 Å². The van der Waals surface area contributed by atoms with Crippen LogP contribution >= 0.6 is 11.8 Å². The molecule has 2 aliphatic rings. The number of hydrogen-bond acceptors (Lipinski definition) is 2. The molecule has 3 rings (SSSR count). The Labute approximate surface area is 121 Å². The van der Waals surface area contributed by atoms with Crippen molar-refractivity contribution in [2.75, 3.05) is 17.6 Å². The Balaban J connectivity index is 1.90. The van der Waals surface area contributed by atoms with E-state index < -0.39 is 11.7 Å². The summed E-state index contributed by atoms with van der Waals surface area (Å²) in [7, 11) is 0. The van der Waals surface area contributed by atoms with Crippen LogP contribution in [0.4, 0.5) is 18.9 Å². The maximum atomic E-state index is 13.1. The summed E-state index contributed by atoms with van der Waals surface area (Å²) in [5.74, 6) is 0.792. The third-order valence-electron chi connectivity index (χ3n) is 4.41. The van der Waals surface area contributed by atoms with E-state index in [1.165, 1.54) is 43.2 Å². The zero-order chi connectivity index (χ0) is 14.2. The largest absolute Gasteiger partial charge is 0.417 e. The van der Waals surface area contributed by atoms with E-state index in [1.54, 1.807) is 6.07 Å². The standard InChI is InChI=1S/C15H18F3NS/c16-15(17,18)11-5-4-6-12-13(11)20-10-14(9-19-12)7-2-1-3-8-14/h4-6,19H,1-3,7-10H2. The van der Waals surface area contributed by atoms with Gasteiger partial charge in [0.05, 0.1) is 5.56 Å². The highest BCUT2D eigenvalue weighted by atomic mass is 32.2. The Morgan fingerprint density at radius 1 is 1.10 bits per heavy atom. The molecule has 1 aromatic carbocycles. The molecule has 0 atom stereocenters. The smallest absolute Gasteiger partial charge is 0.384 e. The second kappa shape index (κ2) is 5.17. The summed E-state index contributed by atoms with van der Waals surface area (Å²) in [6, 6.07) is 4.44. The van der Waals surface area contributed by atoms with Gasteiger partial charge in [-0.15, -0.1) is 11.8 Å². The van der Waals surface area contributed by atoms with Gasteiger partial charge in [-0.25, -0.2) is 0 Å². The predicted molar refractivity (Wildman–Crippen MR) is 76.2 cm³/mol. The highest BCUT2D eigenvalue weighted by molar-refractivity contribution is 7.99. The average Bonchev–Trinajstić information content (AvgIpc) is 2.59. The molecule has 0 bridgehead atoms. The zero-order valence-electron chi connectivity index (χ0n) is 11.2. The van der Waals surface area contributed by atoms with Crippen molar-refractivity contribution in [2.24, 2.45) is 5.41 Å². The summed E-state index contributed by atoms with van der Waals surface area (Å²) in [6.07, 6.45) is 1.64. The number of fused-ring (bicyclic) bond motifs is 1. The van der Waals surface area contributed by atoms with Crippen molar-refractivity contribution in [1.82, 2.24) is 0 Å². The van der Waals surface area contributed by atoms with Crippen LogP contribution in [0.25, 0.3) is 0 Å². The van der Waals surface area contributed by atoms with Gasteiger partial charge < -0.3 is 5.32 Å². The van der Waals surface area contributed by atoms with Gasteiger partial charge >= 0.3 is 6.18 Å². The number of nitrogens with one attached hydrogen (secondary N) is 1. The number of rotatable bonds is 0. The van der Waals surface area contributed by atoms with E-state index >= 15 is 0 Å². The van der Waals surface area contributed by atoms with E-state index in [9.17, 15) is 13.2 Å². The molecular formula is C15H18F3NS. The maximum Gasteiger partial charge on any atom is 0.417 e. The number of anilines is 1. The van der Waals surface area contributed by atoms with Crippen LogP contribution in [0.1, 0.15) is 37.7 Å². The Morgan fingerprint density at radius 2 is 1.85 bits per heavy atom. The zero-order valence-corrected chi connectivity index (χ0v) is 12.0. The molecule has 0 amide bonds. The first-order valence-corrected chi connectivity index (χ1v) is 8.06. The van der Waals surface area contributed by atoms with E-state index in [-0.39, 0.29) is 5.41 Å². The molecule has 1 saturated carbocycles. The molecule has 1 aliphatic carbocycles. The van der Waals surface area contributed by atoms with Gasteiger partial charge in [0.25, 0.3) is 0 Å². The van der Waals surface area contributed by atoms with Gasteiger partial charge in [0.15, 0.2) is 0 Å². The van der Waals surface area contributed by atoms with Gasteiger partial charge in [0.2, 0.25) is 0 Å². The predicted octanol–water partition coefficient (Wildman–Crippen LogP) is 5.17. The Kier molecular flexibility index (Phi) is 3.65. The number of alkyl halides is 3. The normalized spacial score (nSPS) is 21.9. The van der Waals surface area contributed by atoms with Crippen molar-refractivity contribution in [3.63, 3.8) is 0 Å². The van der Waals surface area contributed by atoms with Gasteiger partial charge in [-0.05, 0) is 30.4 Å². The van der Waals surface area contributed by atoms with Gasteiger partial charge in [-0.1, -0.05) is 25.3 Å². The molecule has 20 heavy (non-hydrogen) atoms. The van der Waals surface area contributed by atoms with E-state index in [0.29, 0.717) is 10.6 Å². The molecular weight excluding hydrogens is 283 g/mol. The highest BCUT2D eigenvalue weighted by Crippen LogP contribution is 2.48.